The predicted molar refractivity (Wildman–Crippen MR) is 58.4 cm³/mol. The van der Waals surface area contributed by atoms with Crippen LogP contribution in [0.3, 0.4) is 0 Å². The van der Waals surface area contributed by atoms with E-state index in [-0.39, 0.29) is 0 Å². The van der Waals surface area contributed by atoms with E-state index in [9.17, 15) is 0 Å². The van der Waals surface area contributed by atoms with Crippen LogP contribution >= 0.6 is 0 Å². The maximum Gasteiger partial charge on any atom is 0.00388 e. The number of nitrogens with two attached hydrogens (primary N) is 3. The Labute approximate surface area is 82.0 Å². The number of rotatable bonds is 9. The van der Waals surface area contributed by atoms with E-state index in [2.05, 4.69) is 0 Å². The summed E-state index contributed by atoms with van der Waals surface area (Å²) in [4.78, 5) is 0. The third kappa shape index (κ3) is 9.80. The van der Waals surface area contributed by atoms with Crippen molar-refractivity contribution in [3.05, 3.63) is 0 Å². The van der Waals surface area contributed by atoms with Crippen molar-refractivity contribution in [2.24, 2.45) is 17.2 Å². The van der Waals surface area contributed by atoms with E-state index in [4.69, 9.17) is 17.2 Å². The van der Waals surface area contributed by atoms with E-state index in [1.165, 1.54) is 19.3 Å². The van der Waals surface area contributed by atoms with Crippen LogP contribution in [0.5, 0.6) is 0 Å². The van der Waals surface area contributed by atoms with E-state index in [1.54, 1.807) is 0 Å². The summed E-state index contributed by atoms with van der Waals surface area (Å²) < 4.78 is 0. The van der Waals surface area contributed by atoms with Crippen LogP contribution in [0.2, 0.25) is 0 Å². The van der Waals surface area contributed by atoms with Crippen molar-refractivity contribution in [3.8, 4) is 0 Å². The van der Waals surface area contributed by atoms with Gasteiger partial charge in [-0.25, -0.2) is 0 Å². The Morgan fingerprint density at radius 2 is 1.15 bits per heavy atom. The first kappa shape index (κ1) is 12.9. The minimum atomic E-state index is 0.379. The first-order chi connectivity index (χ1) is 6.31. The molecular weight excluding hydrogens is 162 g/mol. The molecule has 0 bridgehead atoms. The Morgan fingerprint density at radius 3 is 1.69 bits per heavy atom. The van der Waals surface area contributed by atoms with Gasteiger partial charge in [-0.3, -0.25) is 0 Å². The third-order valence-corrected chi connectivity index (χ3v) is 2.31. The number of hydrogen-bond acceptors (Lipinski definition) is 3. The Kier molecular flexibility index (Phi) is 9.87. The van der Waals surface area contributed by atoms with Crippen molar-refractivity contribution in [3.63, 3.8) is 0 Å². The molecule has 0 aliphatic rings. The molecule has 0 aromatic carbocycles. The van der Waals surface area contributed by atoms with E-state index in [0.29, 0.717) is 6.04 Å². The molecule has 0 fully saturated rings. The van der Waals surface area contributed by atoms with Gasteiger partial charge in [-0.2, -0.15) is 0 Å². The second-order valence-corrected chi connectivity index (χ2v) is 3.68. The highest BCUT2D eigenvalue weighted by atomic mass is 14.6. The predicted octanol–water partition coefficient (Wildman–Crippen LogP) is 0.962. The van der Waals surface area contributed by atoms with Crippen molar-refractivity contribution in [2.45, 2.75) is 51.0 Å². The standard InChI is InChI=1S/C10H25N3/c11-8-4-1-2-6-10(13)7-3-5-9-12/h10H,1-9,11-13H2. The first-order valence-electron chi connectivity index (χ1n) is 5.47. The van der Waals surface area contributed by atoms with Crippen LogP contribution in [0.15, 0.2) is 0 Å². The summed E-state index contributed by atoms with van der Waals surface area (Å²) >= 11 is 0. The fraction of sp³-hybridized carbons (Fsp3) is 1.00. The maximum atomic E-state index is 5.92. The first-order valence-corrected chi connectivity index (χ1v) is 5.47. The molecule has 6 N–H and O–H groups in total. The molecule has 0 aromatic heterocycles. The number of hydrogen-bond donors (Lipinski definition) is 3. The SMILES string of the molecule is NCCCCCC(N)CCCCN. The Morgan fingerprint density at radius 1 is 0.692 bits per heavy atom. The number of unbranched alkanes of at least 4 members (excludes halogenated alkanes) is 3. The average molecular weight is 187 g/mol. The lowest BCUT2D eigenvalue weighted by Crippen LogP contribution is -2.20. The molecule has 0 aliphatic carbocycles. The largest absolute Gasteiger partial charge is 0.330 e. The van der Waals surface area contributed by atoms with Crippen LogP contribution in [0.1, 0.15) is 44.9 Å². The van der Waals surface area contributed by atoms with Gasteiger partial charge < -0.3 is 17.2 Å². The van der Waals surface area contributed by atoms with Crippen LogP contribution in [-0.2, 0) is 0 Å². The highest BCUT2D eigenvalue weighted by Gasteiger charge is 2.01. The molecule has 0 aromatic rings. The molecule has 0 amide bonds. The van der Waals surface area contributed by atoms with E-state index < -0.39 is 0 Å². The van der Waals surface area contributed by atoms with Crippen LogP contribution in [0.4, 0.5) is 0 Å². The Bertz CT molecular complexity index is 96.2. The van der Waals surface area contributed by atoms with Gasteiger partial charge in [0.15, 0.2) is 0 Å². The molecule has 3 heteroatoms. The monoisotopic (exact) mass is 187 g/mol. The minimum absolute atomic E-state index is 0.379. The molecule has 13 heavy (non-hydrogen) atoms. The van der Waals surface area contributed by atoms with Gasteiger partial charge in [-0.05, 0) is 38.8 Å². The van der Waals surface area contributed by atoms with E-state index >= 15 is 0 Å². The van der Waals surface area contributed by atoms with Crippen molar-refractivity contribution >= 4 is 0 Å². The Balaban J connectivity index is 3.05. The fourth-order valence-corrected chi connectivity index (χ4v) is 1.42. The second kappa shape index (κ2) is 9.96. The molecule has 0 heterocycles. The maximum absolute atomic E-state index is 5.92. The van der Waals surface area contributed by atoms with Gasteiger partial charge in [0.1, 0.15) is 0 Å². The molecule has 0 radical (unpaired) electrons. The zero-order valence-corrected chi connectivity index (χ0v) is 8.67. The summed E-state index contributed by atoms with van der Waals surface area (Å²) in [6, 6.07) is 0.379. The van der Waals surface area contributed by atoms with Gasteiger partial charge in [-0.1, -0.05) is 19.3 Å². The molecule has 3 nitrogen and oxygen atoms in total. The molecule has 80 valence electrons. The van der Waals surface area contributed by atoms with Crippen molar-refractivity contribution in [1.82, 2.24) is 0 Å². The lowest BCUT2D eigenvalue weighted by Gasteiger charge is -2.10. The molecule has 0 saturated carbocycles. The third-order valence-electron chi connectivity index (χ3n) is 2.31. The molecule has 0 saturated heterocycles. The molecular formula is C10H25N3. The van der Waals surface area contributed by atoms with Gasteiger partial charge in [0.2, 0.25) is 0 Å². The molecule has 0 aliphatic heterocycles. The summed E-state index contributed by atoms with van der Waals surface area (Å²) in [5.41, 5.74) is 16.7. The summed E-state index contributed by atoms with van der Waals surface area (Å²) in [6.45, 7) is 1.60. The molecule has 0 rings (SSSR count). The van der Waals surface area contributed by atoms with Gasteiger partial charge in [-0.15, -0.1) is 0 Å². The Hall–Kier alpha value is -0.120. The van der Waals surface area contributed by atoms with Crippen molar-refractivity contribution in [2.75, 3.05) is 13.1 Å². The van der Waals surface area contributed by atoms with Crippen molar-refractivity contribution in [1.29, 1.82) is 0 Å². The minimum Gasteiger partial charge on any atom is -0.330 e. The quantitative estimate of drug-likeness (QED) is 0.470. The van der Waals surface area contributed by atoms with Gasteiger partial charge in [0.25, 0.3) is 0 Å². The highest BCUT2D eigenvalue weighted by Crippen LogP contribution is 2.07. The summed E-state index contributed by atoms with van der Waals surface area (Å²) in [5, 5.41) is 0. The topological polar surface area (TPSA) is 78.1 Å². The summed E-state index contributed by atoms with van der Waals surface area (Å²) in [6.07, 6.45) is 8.13. The van der Waals surface area contributed by atoms with Crippen LogP contribution in [0.25, 0.3) is 0 Å². The van der Waals surface area contributed by atoms with Crippen LogP contribution < -0.4 is 17.2 Å². The van der Waals surface area contributed by atoms with Gasteiger partial charge in [0.05, 0.1) is 0 Å². The van der Waals surface area contributed by atoms with E-state index in [1.807, 2.05) is 0 Å². The van der Waals surface area contributed by atoms with Gasteiger partial charge in [0, 0.05) is 6.04 Å². The molecule has 1 atom stereocenters. The normalized spacial score (nSPS) is 13.2. The lowest BCUT2D eigenvalue weighted by atomic mass is 10.0. The average Bonchev–Trinajstić information content (AvgIpc) is 2.13. The molecule has 0 spiro atoms. The highest BCUT2D eigenvalue weighted by molar-refractivity contribution is 4.61. The molecule has 1 unspecified atom stereocenters. The smallest absolute Gasteiger partial charge is 0.00388 e. The zero-order valence-electron chi connectivity index (χ0n) is 8.67. The second-order valence-electron chi connectivity index (χ2n) is 3.68. The summed E-state index contributed by atoms with van der Waals surface area (Å²) in [5.74, 6) is 0. The lowest BCUT2D eigenvalue weighted by molar-refractivity contribution is 0.503. The fourth-order valence-electron chi connectivity index (χ4n) is 1.42. The van der Waals surface area contributed by atoms with Crippen LogP contribution in [0, 0.1) is 0 Å². The zero-order chi connectivity index (χ0) is 9.94. The van der Waals surface area contributed by atoms with Gasteiger partial charge >= 0.3 is 0 Å². The van der Waals surface area contributed by atoms with Crippen molar-refractivity contribution < 1.29 is 0 Å². The van der Waals surface area contributed by atoms with E-state index in [0.717, 1.165) is 38.8 Å². The summed E-state index contributed by atoms with van der Waals surface area (Å²) in [7, 11) is 0. The van der Waals surface area contributed by atoms with Crippen LogP contribution in [-0.4, -0.2) is 19.1 Å².